The first-order valence-electron chi connectivity index (χ1n) is 6.24. The summed E-state index contributed by atoms with van der Waals surface area (Å²) < 4.78 is 13.4. The van der Waals surface area contributed by atoms with Crippen LogP contribution in [0.3, 0.4) is 0 Å². The minimum atomic E-state index is -0.562. The number of carbonyl (C=O) groups is 1. The van der Waals surface area contributed by atoms with Gasteiger partial charge in [0.05, 0.1) is 11.3 Å². The van der Waals surface area contributed by atoms with Gasteiger partial charge >= 0.3 is 0 Å². The summed E-state index contributed by atoms with van der Waals surface area (Å²) in [5.74, 6) is -1.12. The molecule has 0 fully saturated rings. The van der Waals surface area contributed by atoms with E-state index in [1.54, 1.807) is 13.0 Å². The van der Waals surface area contributed by atoms with E-state index in [0.717, 1.165) is 11.1 Å². The number of hydrogen-bond acceptors (Lipinski definition) is 2. The zero-order valence-electron chi connectivity index (χ0n) is 11.4. The first-order valence-corrected chi connectivity index (χ1v) is 6.24. The van der Waals surface area contributed by atoms with Crippen LogP contribution in [0.2, 0.25) is 0 Å². The minimum absolute atomic E-state index is 0.0201. The Balaban J connectivity index is 2.13. The maximum Gasteiger partial charge on any atom is 0.274 e. The normalized spacial score (nSPS) is 11.2. The summed E-state index contributed by atoms with van der Waals surface area (Å²) in [5.41, 5.74) is 5.04. The van der Waals surface area contributed by atoms with Crippen molar-refractivity contribution in [1.29, 1.82) is 0 Å². The van der Waals surface area contributed by atoms with Gasteiger partial charge in [0, 0.05) is 0 Å². The Morgan fingerprint density at radius 2 is 1.90 bits per heavy atom. The summed E-state index contributed by atoms with van der Waals surface area (Å²) >= 11 is 0. The van der Waals surface area contributed by atoms with Crippen LogP contribution in [0.25, 0.3) is 0 Å². The highest BCUT2D eigenvalue weighted by molar-refractivity contribution is 6.01. The van der Waals surface area contributed by atoms with E-state index >= 15 is 0 Å². The van der Waals surface area contributed by atoms with E-state index in [-0.39, 0.29) is 5.56 Å². The Morgan fingerprint density at radius 3 is 2.60 bits per heavy atom. The van der Waals surface area contributed by atoms with Crippen molar-refractivity contribution in [1.82, 2.24) is 5.43 Å². The van der Waals surface area contributed by atoms with Gasteiger partial charge in [0.25, 0.3) is 5.91 Å². The molecule has 0 saturated heterocycles. The Labute approximate surface area is 117 Å². The van der Waals surface area contributed by atoms with Crippen LogP contribution < -0.4 is 5.43 Å². The molecule has 0 bridgehead atoms. The van der Waals surface area contributed by atoms with Gasteiger partial charge in [-0.2, -0.15) is 5.10 Å². The lowest BCUT2D eigenvalue weighted by atomic mass is 10.1. The van der Waals surface area contributed by atoms with Crippen LogP contribution in [0, 0.1) is 12.7 Å². The van der Waals surface area contributed by atoms with Gasteiger partial charge in [0.15, 0.2) is 0 Å². The number of benzene rings is 2. The van der Waals surface area contributed by atoms with Crippen LogP contribution in [0.15, 0.2) is 53.6 Å². The Kier molecular flexibility index (Phi) is 4.25. The highest BCUT2D eigenvalue weighted by atomic mass is 19.1. The molecule has 0 aliphatic carbocycles. The summed E-state index contributed by atoms with van der Waals surface area (Å²) in [6.45, 7) is 3.77. The quantitative estimate of drug-likeness (QED) is 0.675. The number of nitrogens with zero attached hydrogens (tertiary/aromatic N) is 1. The number of aryl methyl sites for hydroxylation is 1. The topological polar surface area (TPSA) is 41.5 Å². The van der Waals surface area contributed by atoms with Crippen LogP contribution in [0.1, 0.15) is 28.4 Å². The number of nitrogens with one attached hydrogen (secondary N) is 1. The lowest BCUT2D eigenvalue weighted by molar-refractivity contribution is 0.0951. The fourth-order valence-electron chi connectivity index (χ4n) is 1.77. The van der Waals surface area contributed by atoms with Crippen molar-refractivity contribution in [2.75, 3.05) is 0 Å². The highest BCUT2D eigenvalue weighted by Gasteiger charge is 2.09. The number of carbonyl (C=O) groups excluding carboxylic acids is 1. The second-order valence-electron chi connectivity index (χ2n) is 4.49. The van der Waals surface area contributed by atoms with Crippen LogP contribution >= 0.6 is 0 Å². The van der Waals surface area contributed by atoms with Crippen LogP contribution in [0.4, 0.5) is 4.39 Å². The lowest BCUT2D eigenvalue weighted by Gasteiger charge is -2.04. The van der Waals surface area contributed by atoms with Crippen molar-refractivity contribution < 1.29 is 9.18 Å². The van der Waals surface area contributed by atoms with Gasteiger partial charge in [-0.15, -0.1) is 0 Å². The summed E-state index contributed by atoms with van der Waals surface area (Å²) in [5, 5.41) is 4.00. The fourth-order valence-corrected chi connectivity index (χ4v) is 1.77. The Hall–Kier alpha value is -2.49. The first-order chi connectivity index (χ1) is 9.58. The molecule has 20 heavy (non-hydrogen) atoms. The van der Waals surface area contributed by atoms with Crippen molar-refractivity contribution in [3.63, 3.8) is 0 Å². The van der Waals surface area contributed by atoms with E-state index in [1.165, 1.54) is 18.2 Å². The van der Waals surface area contributed by atoms with Crippen LogP contribution in [0.5, 0.6) is 0 Å². The maximum atomic E-state index is 13.4. The molecular weight excluding hydrogens is 255 g/mol. The van der Waals surface area contributed by atoms with Gasteiger partial charge < -0.3 is 0 Å². The second kappa shape index (κ2) is 6.10. The average molecular weight is 270 g/mol. The molecule has 0 aliphatic heterocycles. The van der Waals surface area contributed by atoms with Crippen molar-refractivity contribution >= 4 is 11.6 Å². The minimum Gasteiger partial charge on any atom is -0.267 e. The first kappa shape index (κ1) is 13.9. The predicted octanol–water partition coefficient (Wildman–Crippen LogP) is 3.29. The van der Waals surface area contributed by atoms with Gasteiger partial charge in [-0.1, -0.05) is 42.0 Å². The molecule has 0 unspecified atom stereocenters. The molecule has 1 amide bonds. The molecule has 2 rings (SSSR count). The Morgan fingerprint density at radius 1 is 1.15 bits per heavy atom. The van der Waals surface area contributed by atoms with Gasteiger partial charge in [-0.05, 0) is 31.5 Å². The molecule has 2 aromatic carbocycles. The predicted molar refractivity (Wildman–Crippen MR) is 77.3 cm³/mol. The molecule has 2 aromatic rings. The third kappa shape index (κ3) is 3.29. The third-order valence-corrected chi connectivity index (χ3v) is 2.88. The molecule has 3 nitrogen and oxygen atoms in total. The molecule has 0 aromatic heterocycles. The third-order valence-electron chi connectivity index (χ3n) is 2.88. The number of halogens is 1. The summed E-state index contributed by atoms with van der Waals surface area (Å²) in [7, 11) is 0. The number of amides is 1. The van der Waals surface area contributed by atoms with E-state index in [2.05, 4.69) is 10.5 Å². The zero-order chi connectivity index (χ0) is 14.5. The van der Waals surface area contributed by atoms with Gasteiger partial charge in [0.2, 0.25) is 0 Å². The number of rotatable bonds is 3. The molecule has 0 radical (unpaired) electrons. The highest BCUT2D eigenvalue weighted by Crippen LogP contribution is 2.07. The summed E-state index contributed by atoms with van der Waals surface area (Å²) in [6, 6.07) is 13.6. The molecule has 0 aliphatic rings. The van der Waals surface area contributed by atoms with Gasteiger partial charge in [-0.25, -0.2) is 9.82 Å². The van der Waals surface area contributed by atoms with Crippen molar-refractivity contribution in [3.8, 4) is 0 Å². The lowest BCUT2D eigenvalue weighted by Crippen LogP contribution is -2.20. The summed E-state index contributed by atoms with van der Waals surface area (Å²) in [4.78, 5) is 11.8. The molecular formula is C16H15FN2O. The van der Waals surface area contributed by atoms with Gasteiger partial charge in [0.1, 0.15) is 5.82 Å². The number of hydrazone groups is 1. The van der Waals surface area contributed by atoms with Crippen LogP contribution in [-0.2, 0) is 0 Å². The van der Waals surface area contributed by atoms with Gasteiger partial charge in [-0.3, -0.25) is 4.79 Å². The zero-order valence-corrected chi connectivity index (χ0v) is 11.4. The van der Waals surface area contributed by atoms with E-state index in [0.29, 0.717) is 5.71 Å². The SMILES string of the molecule is C/C(=N\NC(=O)c1ccccc1F)c1cccc(C)c1. The summed E-state index contributed by atoms with van der Waals surface area (Å²) in [6.07, 6.45) is 0. The standard InChI is InChI=1S/C16H15FN2O/c1-11-6-5-7-13(10-11)12(2)18-19-16(20)14-8-3-4-9-15(14)17/h3-10H,1-2H3,(H,19,20)/b18-12+. The maximum absolute atomic E-state index is 13.4. The molecule has 0 saturated carbocycles. The van der Waals surface area contributed by atoms with Crippen LogP contribution in [-0.4, -0.2) is 11.6 Å². The molecule has 0 atom stereocenters. The number of hydrogen-bond donors (Lipinski definition) is 1. The average Bonchev–Trinajstić information content (AvgIpc) is 2.45. The fraction of sp³-hybridized carbons (Fsp3) is 0.125. The molecule has 1 N–H and O–H groups in total. The second-order valence-corrected chi connectivity index (χ2v) is 4.49. The monoisotopic (exact) mass is 270 g/mol. The molecule has 0 heterocycles. The molecule has 102 valence electrons. The van der Waals surface area contributed by atoms with Crippen molar-refractivity contribution in [2.24, 2.45) is 5.10 Å². The molecule has 0 spiro atoms. The van der Waals surface area contributed by atoms with E-state index in [4.69, 9.17) is 0 Å². The Bertz CT molecular complexity index is 665. The van der Waals surface area contributed by atoms with E-state index in [1.807, 2.05) is 31.2 Å². The van der Waals surface area contributed by atoms with Crippen molar-refractivity contribution in [3.05, 3.63) is 71.0 Å². The van der Waals surface area contributed by atoms with Crippen molar-refractivity contribution in [2.45, 2.75) is 13.8 Å². The largest absolute Gasteiger partial charge is 0.274 e. The van der Waals surface area contributed by atoms with E-state index in [9.17, 15) is 9.18 Å². The van der Waals surface area contributed by atoms with E-state index < -0.39 is 11.7 Å². The molecule has 4 heteroatoms. The smallest absolute Gasteiger partial charge is 0.267 e.